The molecule has 55 heavy (non-hydrogen) atoms. The quantitative estimate of drug-likeness (QED) is 0.0287. The molecule has 0 aromatic rings. The molecule has 0 aliphatic carbocycles. The summed E-state index contributed by atoms with van der Waals surface area (Å²) in [4.78, 5) is 103. The van der Waals surface area contributed by atoms with Crippen molar-refractivity contribution in [3.8, 4) is 0 Å². The first-order valence-electron chi connectivity index (χ1n) is 18.5. The van der Waals surface area contributed by atoms with Crippen molar-refractivity contribution in [2.24, 2.45) is 29.0 Å². The predicted octanol–water partition coefficient (Wildman–Crippen LogP) is -2.01. The first kappa shape index (κ1) is 51.3. The van der Waals surface area contributed by atoms with Crippen LogP contribution in [0.3, 0.4) is 0 Å². The van der Waals surface area contributed by atoms with Crippen LogP contribution in [-0.4, -0.2) is 124 Å². The SMILES string of the molecule is CC[C@H](C)[C@H](NC(=O)[C@@H](N)C(C)C)C(=O)N[C@@H](CCC(=O)O)C(=O)N[C@@H](CCCCN)C(=O)N[C@@H](CCCCN)C(=O)N[C@@H](CS)C(=O)N[C@@H](CS)C(=O)O. The van der Waals surface area contributed by atoms with E-state index in [1.807, 2.05) is 0 Å². The smallest absolute Gasteiger partial charge is 0.327 e. The molecule has 0 rings (SSSR count). The van der Waals surface area contributed by atoms with Gasteiger partial charge in [-0.3, -0.25) is 33.6 Å². The maximum absolute atomic E-state index is 13.8. The van der Waals surface area contributed by atoms with Crippen molar-refractivity contribution in [3.05, 3.63) is 0 Å². The molecule has 0 fully saturated rings. The number of unbranched alkanes of at least 4 members (excludes halogenated alkanes) is 2. The Morgan fingerprint density at radius 2 is 0.964 bits per heavy atom. The number of amides is 6. The van der Waals surface area contributed by atoms with E-state index in [-0.39, 0.29) is 49.8 Å². The number of carboxylic acids is 2. The number of aliphatic carboxylic acids is 2. The van der Waals surface area contributed by atoms with Gasteiger partial charge in [0.1, 0.15) is 36.3 Å². The van der Waals surface area contributed by atoms with Crippen molar-refractivity contribution in [3.63, 3.8) is 0 Å². The maximum Gasteiger partial charge on any atom is 0.327 e. The topological polar surface area (TPSA) is 327 Å². The number of nitrogens with one attached hydrogen (secondary N) is 6. The lowest BCUT2D eigenvalue weighted by Crippen LogP contribution is -2.60. The van der Waals surface area contributed by atoms with Crippen LogP contribution in [0.1, 0.15) is 85.5 Å². The summed E-state index contributed by atoms with van der Waals surface area (Å²) >= 11 is 8.03. The second-order valence-electron chi connectivity index (χ2n) is 13.7. The van der Waals surface area contributed by atoms with Gasteiger partial charge in [0.2, 0.25) is 35.4 Å². The molecule has 0 unspecified atom stereocenters. The Morgan fingerprint density at radius 1 is 0.564 bits per heavy atom. The molecule has 21 heteroatoms. The van der Waals surface area contributed by atoms with Crippen LogP contribution < -0.4 is 49.1 Å². The zero-order valence-electron chi connectivity index (χ0n) is 32.2. The molecule has 0 aliphatic rings. The van der Waals surface area contributed by atoms with Gasteiger partial charge in [-0.25, -0.2) is 4.79 Å². The van der Waals surface area contributed by atoms with Gasteiger partial charge >= 0.3 is 11.9 Å². The van der Waals surface area contributed by atoms with Crippen molar-refractivity contribution in [1.29, 1.82) is 0 Å². The minimum Gasteiger partial charge on any atom is -0.481 e. The van der Waals surface area contributed by atoms with E-state index in [1.165, 1.54) is 0 Å². The van der Waals surface area contributed by atoms with Crippen molar-refractivity contribution in [1.82, 2.24) is 31.9 Å². The Labute approximate surface area is 333 Å². The number of nitrogens with two attached hydrogens (primary N) is 3. The molecule has 6 amide bonds. The molecule has 0 aliphatic heterocycles. The Balaban J connectivity index is 6.37. The summed E-state index contributed by atoms with van der Waals surface area (Å²) in [5.74, 6) is -8.28. The lowest BCUT2D eigenvalue weighted by molar-refractivity contribution is -0.141. The average Bonchev–Trinajstić information content (AvgIpc) is 3.14. The van der Waals surface area contributed by atoms with Gasteiger partial charge in [-0.05, 0) is 69.9 Å². The molecule has 0 saturated carbocycles. The van der Waals surface area contributed by atoms with E-state index < -0.39 is 102 Å². The summed E-state index contributed by atoms with van der Waals surface area (Å²) in [6.45, 7) is 7.56. The highest BCUT2D eigenvalue weighted by atomic mass is 32.1. The van der Waals surface area contributed by atoms with Gasteiger partial charge < -0.3 is 59.3 Å². The van der Waals surface area contributed by atoms with Crippen LogP contribution in [0.25, 0.3) is 0 Å². The number of carboxylic acid groups (broad SMARTS) is 2. The Hall–Kier alpha value is -3.66. The number of rotatable bonds is 29. The number of carbonyl (C=O) groups excluding carboxylic acids is 6. The fourth-order valence-electron chi connectivity index (χ4n) is 5.04. The number of thiol groups is 2. The van der Waals surface area contributed by atoms with Gasteiger partial charge in [-0.15, -0.1) is 0 Å². The molecule has 0 bridgehead atoms. The number of hydrogen-bond donors (Lipinski definition) is 13. The Morgan fingerprint density at radius 3 is 1.35 bits per heavy atom. The summed E-state index contributed by atoms with van der Waals surface area (Å²) in [7, 11) is 0. The summed E-state index contributed by atoms with van der Waals surface area (Å²) < 4.78 is 0. The predicted molar refractivity (Wildman–Crippen MR) is 212 cm³/mol. The largest absolute Gasteiger partial charge is 0.481 e. The van der Waals surface area contributed by atoms with Crippen LogP contribution >= 0.6 is 25.3 Å². The Kier molecular flexibility index (Phi) is 26.0. The van der Waals surface area contributed by atoms with Gasteiger partial charge in [-0.1, -0.05) is 34.1 Å². The molecule has 0 radical (unpaired) electrons. The molecule has 19 nitrogen and oxygen atoms in total. The van der Waals surface area contributed by atoms with Gasteiger partial charge in [0, 0.05) is 17.9 Å². The standard InChI is InChI=1S/C34H63N9O10S2/c1-5-19(4)27(43-32(50)26(37)18(2)3)33(51)40-22(12-13-25(44)45)30(48)39-20(10-6-8-14-35)28(46)38-21(11-7-9-15-36)29(47)41-23(16-54)31(49)42-24(17-55)34(52)53/h18-24,26-27,54-55H,5-17,35-37H2,1-4H3,(H,38,46)(H,39,48)(H,40,51)(H,41,47)(H,42,49)(H,43,50)(H,44,45)(H,52,53)/t19-,20-,21-,22-,23-,24-,26-,27-/m0/s1. The molecule has 316 valence electrons. The molecule has 0 saturated heterocycles. The van der Waals surface area contributed by atoms with Crippen LogP contribution in [0, 0.1) is 11.8 Å². The second-order valence-corrected chi connectivity index (χ2v) is 14.4. The minimum absolute atomic E-state index is 0.0477. The highest BCUT2D eigenvalue weighted by molar-refractivity contribution is 7.80. The van der Waals surface area contributed by atoms with Crippen LogP contribution in [0.15, 0.2) is 0 Å². The van der Waals surface area contributed by atoms with E-state index in [2.05, 4.69) is 57.2 Å². The molecule has 8 atom stereocenters. The summed E-state index contributed by atoms with van der Waals surface area (Å²) in [6.07, 6.45) is 1.41. The van der Waals surface area contributed by atoms with Crippen molar-refractivity contribution >= 4 is 72.6 Å². The molecule has 0 aromatic carbocycles. The van der Waals surface area contributed by atoms with E-state index in [0.29, 0.717) is 32.1 Å². The van der Waals surface area contributed by atoms with Crippen molar-refractivity contribution in [2.75, 3.05) is 24.6 Å². The van der Waals surface area contributed by atoms with Gasteiger partial charge in [0.15, 0.2) is 0 Å². The molecule has 14 N–H and O–H groups in total. The van der Waals surface area contributed by atoms with Crippen molar-refractivity contribution in [2.45, 2.75) is 128 Å². The first-order chi connectivity index (χ1) is 25.9. The first-order valence-corrected chi connectivity index (χ1v) is 19.8. The fraction of sp³-hybridized carbons (Fsp3) is 0.765. The Bertz CT molecular complexity index is 1280. The molecule has 0 spiro atoms. The summed E-state index contributed by atoms with van der Waals surface area (Å²) in [5.41, 5.74) is 17.3. The lowest BCUT2D eigenvalue weighted by Gasteiger charge is -2.29. The fourth-order valence-corrected chi connectivity index (χ4v) is 5.55. The summed E-state index contributed by atoms with van der Waals surface area (Å²) in [6, 6.07) is -8.60. The van der Waals surface area contributed by atoms with E-state index in [0.717, 1.165) is 0 Å². The third kappa shape index (κ3) is 19.7. The highest BCUT2D eigenvalue weighted by Gasteiger charge is 2.34. The molecule has 0 aromatic heterocycles. The highest BCUT2D eigenvalue weighted by Crippen LogP contribution is 2.12. The zero-order valence-corrected chi connectivity index (χ0v) is 34.0. The number of hydrogen-bond acceptors (Lipinski definition) is 13. The zero-order chi connectivity index (χ0) is 42.2. The van der Waals surface area contributed by atoms with Crippen molar-refractivity contribution < 1.29 is 48.6 Å². The van der Waals surface area contributed by atoms with Crippen LogP contribution in [0.5, 0.6) is 0 Å². The third-order valence-corrected chi connectivity index (χ3v) is 9.60. The van der Waals surface area contributed by atoms with Crippen LogP contribution in [0.2, 0.25) is 0 Å². The van der Waals surface area contributed by atoms with E-state index in [9.17, 15) is 48.6 Å². The monoisotopic (exact) mass is 821 g/mol. The van der Waals surface area contributed by atoms with Gasteiger partial charge in [-0.2, -0.15) is 25.3 Å². The summed E-state index contributed by atoms with van der Waals surface area (Å²) in [5, 5.41) is 33.8. The van der Waals surface area contributed by atoms with Crippen LogP contribution in [0.4, 0.5) is 0 Å². The van der Waals surface area contributed by atoms with Gasteiger partial charge in [0.05, 0.1) is 6.04 Å². The molecular weight excluding hydrogens is 759 g/mol. The second kappa shape index (κ2) is 27.8. The molecule has 0 heterocycles. The van der Waals surface area contributed by atoms with E-state index in [4.69, 9.17) is 17.2 Å². The third-order valence-electron chi connectivity index (χ3n) is 8.87. The normalized spacial score (nSPS) is 15.5. The van der Waals surface area contributed by atoms with Gasteiger partial charge in [0.25, 0.3) is 0 Å². The van der Waals surface area contributed by atoms with Crippen LogP contribution in [-0.2, 0) is 38.4 Å². The minimum atomic E-state index is -1.44. The maximum atomic E-state index is 13.8. The lowest BCUT2D eigenvalue weighted by atomic mass is 9.96. The number of carbonyl (C=O) groups is 8. The van der Waals surface area contributed by atoms with E-state index >= 15 is 0 Å². The average molecular weight is 822 g/mol. The van der Waals surface area contributed by atoms with E-state index in [1.54, 1.807) is 27.7 Å². The molecular formula is C34H63N9O10S2.